The molecule has 26 heavy (non-hydrogen) atoms. The molecule has 0 radical (unpaired) electrons. The Labute approximate surface area is 155 Å². The summed E-state index contributed by atoms with van der Waals surface area (Å²) in [7, 11) is 0. The van der Waals surface area contributed by atoms with Crippen molar-refractivity contribution in [3.63, 3.8) is 0 Å². The van der Waals surface area contributed by atoms with Crippen molar-refractivity contribution in [2.24, 2.45) is 17.8 Å². The van der Waals surface area contributed by atoms with Gasteiger partial charge in [0, 0.05) is 13.0 Å². The normalized spacial score (nSPS) is 23.5. The minimum absolute atomic E-state index is 0.0400. The highest BCUT2D eigenvalue weighted by molar-refractivity contribution is 5.77. The van der Waals surface area contributed by atoms with Crippen molar-refractivity contribution >= 4 is 16.9 Å². The van der Waals surface area contributed by atoms with Crippen LogP contribution >= 0.6 is 0 Å². The molecule has 5 heteroatoms. The number of aromatic nitrogens is 2. The molecule has 1 amide bonds. The number of ether oxygens (including phenoxy) is 1. The summed E-state index contributed by atoms with van der Waals surface area (Å²) >= 11 is 0. The number of hydrogen-bond donors (Lipinski definition) is 2. The largest absolute Gasteiger partial charge is 0.368 e. The summed E-state index contributed by atoms with van der Waals surface area (Å²) in [4.78, 5) is 20.0. The maximum atomic E-state index is 12.1. The van der Waals surface area contributed by atoms with E-state index in [4.69, 9.17) is 4.74 Å². The Morgan fingerprint density at radius 1 is 1.35 bits per heavy atom. The van der Waals surface area contributed by atoms with Crippen molar-refractivity contribution in [1.29, 1.82) is 0 Å². The predicted octanol–water partition coefficient (Wildman–Crippen LogP) is 3.70. The maximum absolute atomic E-state index is 12.1. The van der Waals surface area contributed by atoms with Crippen LogP contribution < -0.4 is 5.32 Å². The number of benzene rings is 1. The van der Waals surface area contributed by atoms with Gasteiger partial charge in [0.15, 0.2) is 0 Å². The average Bonchev–Trinajstić information content (AvgIpc) is 3.02. The van der Waals surface area contributed by atoms with E-state index >= 15 is 0 Å². The lowest BCUT2D eigenvalue weighted by atomic mass is 9.75. The molecule has 0 saturated heterocycles. The van der Waals surface area contributed by atoms with E-state index in [0.717, 1.165) is 23.3 Å². The smallest absolute Gasteiger partial charge is 0.246 e. The molecule has 3 atom stereocenters. The third-order valence-electron chi connectivity index (χ3n) is 5.51. The number of nitrogens with one attached hydrogen (secondary N) is 2. The van der Waals surface area contributed by atoms with E-state index in [9.17, 15) is 4.79 Å². The number of carbonyl (C=O) groups excluding carboxylic acids is 1. The first-order valence-electron chi connectivity index (χ1n) is 9.85. The zero-order valence-electron chi connectivity index (χ0n) is 16.1. The summed E-state index contributed by atoms with van der Waals surface area (Å²) in [6.45, 7) is 7.51. The fourth-order valence-corrected chi connectivity index (χ4v) is 3.98. The van der Waals surface area contributed by atoms with Crippen molar-refractivity contribution in [2.75, 3.05) is 13.2 Å². The lowest BCUT2D eigenvalue weighted by molar-refractivity contribution is -0.131. The summed E-state index contributed by atoms with van der Waals surface area (Å²) in [6.07, 6.45) is 4.44. The van der Waals surface area contributed by atoms with Gasteiger partial charge >= 0.3 is 0 Å². The number of carbonyl (C=O) groups is 1. The number of nitrogens with zero attached hydrogens (tertiary/aromatic N) is 1. The van der Waals surface area contributed by atoms with Gasteiger partial charge in [-0.2, -0.15) is 0 Å². The van der Waals surface area contributed by atoms with E-state index in [1.165, 1.54) is 12.8 Å². The standard InChI is InChI=1S/C21H31N3O2/c1-14(2)16-9-8-15(3)12-19(16)26-13-21(25)22-11-10-20-23-17-6-4-5-7-18(17)24-20/h4-7,14-16,19H,8-13H2,1-3H3,(H,22,25)(H,23,24)/t15-,16+,19-/m0/s1. The molecule has 0 unspecified atom stereocenters. The highest BCUT2D eigenvalue weighted by atomic mass is 16.5. The summed E-state index contributed by atoms with van der Waals surface area (Å²) < 4.78 is 6.00. The summed E-state index contributed by atoms with van der Waals surface area (Å²) in [5, 5.41) is 2.95. The average molecular weight is 357 g/mol. The highest BCUT2D eigenvalue weighted by Gasteiger charge is 2.31. The maximum Gasteiger partial charge on any atom is 0.246 e. The first-order chi connectivity index (χ1) is 12.5. The van der Waals surface area contributed by atoms with Crippen molar-refractivity contribution < 1.29 is 9.53 Å². The summed E-state index contributed by atoms with van der Waals surface area (Å²) in [5.74, 6) is 2.71. The molecule has 3 rings (SSSR count). The molecule has 1 aliphatic carbocycles. The second kappa shape index (κ2) is 8.67. The topological polar surface area (TPSA) is 67.0 Å². The number of hydrogen-bond acceptors (Lipinski definition) is 3. The number of H-pyrrole nitrogens is 1. The van der Waals surface area contributed by atoms with Crippen molar-refractivity contribution in [3.05, 3.63) is 30.1 Å². The van der Waals surface area contributed by atoms with Crippen LogP contribution in [0.5, 0.6) is 0 Å². The molecule has 0 aliphatic heterocycles. The van der Waals surface area contributed by atoms with Gasteiger partial charge in [0.25, 0.3) is 0 Å². The first-order valence-corrected chi connectivity index (χ1v) is 9.85. The molecule has 2 aromatic rings. The van der Waals surface area contributed by atoms with Crippen LogP contribution in [0.15, 0.2) is 24.3 Å². The highest BCUT2D eigenvalue weighted by Crippen LogP contribution is 2.35. The fraction of sp³-hybridized carbons (Fsp3) is 0.619. The Bertz CT molecular complexity index is 692. The Hall–Kier alpha value is -1.88. The molecule has 5 nitrogen and oxygen atoms in total. The molecule has 1 aromatic carbocycles. The van der Waals surface area contributed by atoms with Gasteiger partial charge in [0.05, 0.1) is 17.1 Å². The van der Waals surface area contributed by atoms with E-state index in [-0.39, 0.29) is 18.6 Å². The Kier molecular flexibility index (Phi) is 6.30. The van der Waals surface area contributed by atoms with Crippen molar-refractivity contribution in [2.45, 2.75) is 52.6 Å². The third-order valence-corrected chi connectivity index (χ3v) is 5.51. The molecule has 1 aromatic heterocycles. The molecular weight excluding hydrogens is 326 g/mol. The summed E-state index contributed by atoms with van der Waals surface area (Å²) in [6, 6.07) is 7.95. The van der Waals surface area contributed by atoms with E-state index < -0.39 is 0 Å². The Balaban J connectivity index is 1.42. The molecule has 1 saturated carbocycles. The van der Waals surface area contributed by atoms with Crippen LogP contribution in [-0.2, 0) is 16.0 Å². The second-order valence-corrected chi connectivity index (χ2v) is 7.98. The zero-order chi connectivity index (χ0) is 18.5. The molecule has 1 fully saturated rings. The van der Waals surface area contributed by atoms with Crippen LogP contribution in [0, 0.1) is 17.8 Å². The molecule has 1 aliphatic rings. The van der Waals surface area contributed by atoms with Gasteiger partial charge < -0.3 is 15.0 Å². The Morgan fingerprint density at radius 3 is 2.92 bits per heavy atom. The van der Waals surface area contributed by atoms with Crippen molar-refractivity contribution in [3.8, 4) is 0 Å². The quantitative estimate of drug-likeness (QED) is 0.794. The van der Waals surface area contributed by atoms with Gasteiger partial charge in [-0.05, 0) is 42.7 Å². The molecule has 142 valence electrons. The van der Waals surface area contributed by atoms with E-state index in [2.05, 4.69) is 36.1 Å². The molecular formula is C21H31N3O2. The van der Waals surface area contributed by atoms with Gasteiger partial charge in [0.1, 0.15) is 12.4 Å². The van der Waals surface area contributed by atoms with Crippen LogP contribution in [0.2, 0.25) is 0 Å². The number of imidazole rings is 1. The van der Waals surface area contributed by atoms with Gasteiger partial charge in [-0.25, -0.2) is 4.98 Å². The lowest BCUT2D eigenvalue weighted by Crippen LogP contribution is -2.38. The van der Waals surface area contributed by atoms with E-state index in [1.807, 2.05) is 24.3 Å². The molecule has 0 bridgehead atoms. The second-order valence-electron chi connectivity index (χ2n) is 7.98. The number of rotatable bonds is 7. The first kappa shape index (κ1) is 18.9. The predicted molar refractivity (Wildman–Crippen MR) is 104 cm³/mol. The summed E-state index contributed by atoms with van der Waals surface area (Å²) in [5.41, 5.74) is 1.99. The molecule has 1 heterocycles. The lowest BCUT2D eigenvalue weighted by Gasteiger charge is -2.37. The molecule has 0 spiro atoms. The van der Waals surface area contributed by atoms with Crippen LogP contribution in [0.3, 0.4) is 0 Å². The Morgan fingerprint density at radius 2 is 2.15 bits per heavy atom. The number of amides is 1. The van der Waals surface area contributed by atoms with E-state index in [0.29, 0.717) is 30.7 Å². The van der Waals surface area contributed by atoms with Crippen LogP contribution in [0.4, 0.5) is 0 Å². The van der Waals surface area contributed by atoms with E-state index in [1.54, 1.807) is 0 Å². The number of para-hydroxylation sites is 2. The van der Waals surface area contributed by atoms with Crippen LogP contribution in [0.25, 0.3) is 11.0 Å². The van der Waals surface area contributed by atoms with Crippen LogP contribution in [-0.4, -0.2) is 35.1 Å². The minimum atomic E-state index is -0.0400. The number of aromatic amines is 1. The zero-order valence-corrected chi connectivity index (χ0v) is 16.1. The van der Waals surface area contributed by atoms with Crippen LogP contribution in [0.1, 0.15) is 45.9 Å². The SMILES string of the molecule is CC(C)[C@H]1CC[C@H](C)C[C@@H]1OCC(=O)NCCc1nc2ccccc2[nH]1. The monoisotopic (exact) mass is 357 g/mol. The number of fused-ring (bicyclic) bond motifs is 1. The third kappa shape index (κ3) is 4.85. The van der Waals surface area contributed by atoms with Gasteiger partial charge in [-0.15, -0.1) is 0 Å². The molecule has 2 N–H and O–H groups in total. The minimum Gasteiger partial charge on any atom is -0.368 e. The van der Waals surface area contributed by atoms with Crippen molar-refractivity contribution in [1.82, 2.24) is 15.3 Å². The fourth-order valence-electron chi connectivity index (χ4n) is 3.98. The van der Waals surface area contributed by atoms with Gasteiger partial charge in [-0.1, -0.05) is 39.3 Å². The van der Waals surface area contributed by atoms with Gasteiger partial charge in [0.2, 0.25) is 5.91 Å². The van der Waals surface area contributed by atoms with Gasteiger partial charge in [-0.3, -0.25) is 4.79 Å².